The molecule has 2 amide bonds. The first kappa shape index (κ1) is 18.8. The first-order valence-electron chi connectivity index (χ1n) is 7.99. The number of carbonyl (C=O) groups excluding carboxylic acids is 2. The van der Waals surface area contributed by atoms with E-state index >= 15 is 0 Å². The van der Waals surface area contributed by atoms with Crippen LogP contribution in [0.2, 0.25) is 5.02 Å². The normalized spacial score (nSPS) is 11.7. The van der Waals surface area contributed by atoms with Gasteiger partial charge in [-0.15, -0.1) is 0 Å². The molecule has 0 saturated carbocycles. The minimum Gasteiger partial charge on any atom is -0.445 e. The molecule has 2 rings (SSSR count). The van der Waals surface area contributed by atoms with E-state index in [9.17, 15) is 9.59 Å². The van der Waals surface area contributed by atoms with Gasteiger partial charge in [0.2, 0.25) is 5.91 Å². The third kappa shape index (κ3) is 6.12. The van der Waals surface area contributed by atoms with E-state index in [0.717, 1.165) is 5.56 Å². The van der Waals surface area contributed by atoms with Gasteiger partial charge in [0.15, 0.2) is 0 Å². The maximum absolute atomic E-state index is 12.5. The smallest absolute Gasteiger partial charge is 0.408 e. The molecule has 1 unspecified atom stereocenters. The summed E-state index contributed by atoms with van der Waals surface area (Å²) in [6, 6.07) is 15.5. The Hall–Kier alpha value is -2.53. The van der Waals surface area contributed by atoms with Gasteiger partial charge in [-0.2, -0.15) is 0 Å². The van der Waals surface area contributed by atoms with E-state index in [4.69, 9.17) is 16.3 Å². The predicted molar refractivity (Wildman–Crippen MR) is 98.5 cm³/mol. The van der Waals surface area contributed by atoms with Crippen molar-refractivity contribution in [2.75, 3.05) is 5.32 Å². The van der Waals surface area contributed by atoms with Gasteiger partial charge in [-0.05, 0) is 29.7 Å². The first-order chi connectivity index (χ1) is 12.0. The summed E-state index contributed by atoms with van der Waals surface area (Å²) in [4.78, 5) is 24.5. The lowest BCUT2D eigenvalue weighted by Gasteiger charge is -2.21. The van der Waals surface area contributed by atoms with Crippen molar-refractivity contribution >= 4 is 29.3 Å². The van der Waals surface area contributed by atoms with E-state index < -0.39 is 12.1 Å². The molecule has 0 bridgehead atoms. The van der Waals surface area contributed by atoms with Crippen molar-refractivity contribution in [3.05, 3.63) is 65.2 Å². The maximum Gasteiger partial charge on any atom is 0.408 e. The van der Waals surface area contributed by atoms with Crippen LogP contribution in [0.3, 0.4) is 0 Å². The molecule has 0 radical (unpaired) electrons. The Bertz CT molecular complexity index is 720. The topological polar surface area (TPSA) is 67.4 Å². The van der Waals surface area contributed by atoms with Crippen LogP contribution in [-0.2, 0) is 16.1 Å². The number of rotatable bonds is 6. The molecule has 0 aliphatic heterocycles. The Morgan fingerprint density at radius 3 is 2.44 bits per heavy atom. The van der Waals surface area contributed by atoms with Crippen molar-refractivity contribution in [3.63, 3.8) is 0 Å². The number of benzene rings is 2. The number of amides is 2. The number of hydrogen-bond acceptors (Lipinski definition) is 3. The quantitative estimate of drug-likeness (QED) is 0.810. The molecule has 25 heavy (non-hydrogen) atoms. The minimum atomic E-state index is -0.720. The molecule has 2 aromatic rings. The van der Waals surface area contributed by atoms with Gasteiger partial charge in [-0.3, -0.25) is 4.79 Å². The summed E-state index contributed by atoms with van der Waals surface area (Å²) >= 11 is 5.91. The Labute approximate surface area is 152 Å². The highest BCUT2D eigenvalue weighted by Crippen LogP contribution is 2.16. The second kappa shape index (κ2) is 9.08. The van der Waals surface area contributed by atoms with Crippen molar-refractivity contribution in [1.29, 1.82) is 0 Å². The lowest BCUT2D eigenvalue weighted by Crippen LogP contribution is -2.47. The van der Waals surface area contributed by atoms with Gasteiger partial charge in [0, 0.05) is 10.7 Å². The summed E-state index contributed by atoms with van der Waals surface area (Å²) in [5.41, 5.74) is 1.45. The van der Waals surface area contributed by atoms with E-state index in [0.29, 0.717) is 10.7 Å². The SMILES string of the molecule is CC(C)C(NC(=O)OCc1ccccc1)C(=O)Nc1cccc(Cl)c1. The van der Waals surface area contributed by atoms with Gasteiger partial charge < -0.3 is 15.4 Å². The standard InChI is InChI=1S/C19H21ClN2O3/c1-13(2)17(18(23)21-16-10-6-9-15(20)11-16)22-19(24)25-12-14-7-4-3-5-8-14/h3-11,13,17H,12H2,1-2H3,(H,21,23)(H,22,24). The number of anilines is 1. The van der Waals surface area contributed by atoms with Gasteiger partial charge in [-0.25, -0.2) is 4.79 Å². The van der Waals surface area contributed by atoms with Crippen LogP contribution in [0.25, 0.3) is 0 Å². The Balaban J connectivity index is 1.92. The van der Waals surface area contributed by atoms with Crippen LogP contribution in [-0.4, -0.2) is 18.0 Å². The third-order valence-corrected chi connectivity index (χ3v) is 3.76. The van der Waals surface area contributed by atoms with Gasteiger partial charge in [-0.1, -0.05) is 61.8 Å². The molecular weight excluding hydrogens is 340 g/mol. The highest BCUT2D eigenvalue weighted by atomic mass is 35.5. The Morgan fingerprint density at radius 1 is 1.08 bits per heavy atom. The van der Waals surface area contributed by atoms with Crippen molar-refractivity contribution < 1.29 is 14.3 Å². The molecule has 1 atom stereocenters. The van der Waals surface area contributed by atoms with Crippen molar-refractivity contribution in [3.8, 4) is 0 Å². The average Bonchev–Trinajstić information content (AvgIpc) is 2.58. The van der Waals surface area contributed by atoms with Gasteiger partial charge in [0.05, 0.1) is 0 Å². The Kier molecular flexibility index (Phi) is 6.83. The summed E-state index contributed by atoms with van der Waals surface area (Å²) < 4.78 is 5.18. The zero-order valence-electron chi connectivity index (χ0n) is 14.2. The number of hydrogen-bond donors (Lipinski definition) is 2. The van der Waals surface area contributed by atoms with Crippen LogP contribution in [0.15, 0.2) is 54.6 Å². The number of halogens is 1. The fraction of sp³-hybridized carbons (Fsp3) is 0.263. The van der Waals surface area contributed by atoms with Gasteiger partial charge in [0.1, 0.15) is 12.6 Å². The van der Waals surface area contributed by atoms with Crippen LogP contribution < -0.4 is 10.6 Å². The maximum atomic E-state index is 12.5. The van der Waals surface area contributed by atoms with Crippen molar-refractivity contribution in [1.82, 2.24) is 5.32 Å². The number of nitrogens with one attached hydrogen (secondary N) is 2. The van der Waals surface area contributed by atoms with E-state index in [1.807, 2.05) is 44.2 Å². The highest BCUT2D eigenvalue weighted by molar-refractivity contribution is 6.30. The monoisotopic (exact) mass is 360 g/mol. The minimum absolute atomic E-state index is 0.108. The van der Waals surface area contributed by atoms with E-state index in [1.54, 1.807) is 24.3 Å². The zero-order chi connectivity index (χ0) is 18.2. The summed E-state index contributed by atoms with van der Waals surface area (Å²) in [6.45, 7) is 3.84. The average molecular weight is 361 g/mol. The van der Waals surface area contributed by atoms with Crippen LogP contribution in [0.5, 0.6) is 0 Å². The molecule has 0 aromatic heterocycles. The molecule has 0 spiro atoms. The van der Waals surface area contributed by atoms with Gasteiger partial charge >= 0.3 is 6.09 Å². The second-order valence-corrected chi connectivity index (χ2v) is 6.36. The van der Waals surface area contributed by atoms with Gasteiger partial charge in [0.25, 0.3) is 0 Å². The molecule has 6 heteroatoms. The number of alkyl carbamates (subject to hydrolysis) is 1. The summed E-state index contributed by atoms with van der Waals surface area (Å²) in [7, 11) is 0. The fourth-order valence-electron chi connectivity index (χ4n) is 2.21. The lowest BCUT2D eigenvalue weighted by molar-refractivity contribution is -0.119. The molecule has 0 aliphatic rings. The third-order valence-electron chi connectivity index (χ3n) is 3.53. The number of carbonyl (C=O) groups is 2. The lowest BCUT2D eigenvalue weighted by atomic mass is 10.0. The van der Waals surface area contributed by atoms with Crippen LogP contribution >= 0.6 is 11.6 Å². The van der Waals surface area contributed by atoms with E-state index in [-0.39, 0.29) is 18.4 Å². The van der Waals surface area contributed by atoms with E-state index in [2.05, 4.69) is 10.6 Å². The zero-order valence-corrected chi connectivity index (χ0v) is 14.9. The second-order valence-electron chi connectivity index (χ2n) is 5.93. The molecular formula is C19H21ClN2O3. The molecule has 5 nitrogen and oxygen atoms in total. The molecule has 0 aliphatic carbocycles. The highest BCUT2D eigenvalue weighted by Gasteiger charge is 2.25. The summed E-state index contributed by atoms with van der Waals surface area (Å²) in [5.74, 6) is -0.433. The Morgan fingerprint density at radius 2 is 1.80 bits per heavy atom. The molecule has 0 fully saturated rings. The molecule has 132 valence electrons. The van der Waals surface area contributed by atoms with E-state index in [1.165, 1.54) is 0 Å². The number of ether oxygens (including phenoxy) is 1. The van der Waals surface area contributed by atoms with Crippen LogP contribution in [0.1, 0.15) is 19.4 Å². The molecule has 0 heterocycles. The fourth-order valence-corrected chi connectivity index (χ4v) is 2.40. The summed E-state index contributed by atoms with van der Waals surface area (Å²) in [5, 5.41) is 5.89. The molecule has 2 aromatic carbocycles. The largest absolute Gasteiger partial charge is 0.445 e. The van der Waals surface area contributed by atoms with Crippen LogP contribution in [0.4, 0.5) is 10.5 Å². The molecule has 0 saturated heterocycles. The first-order valence-corrected chi connectivity index (χ1v) is 8.37. The van der Waals surface area contributed by atoms with Crippen molar-refractivity contribution in [2.45, 2.75) is 26.5 Å². The predicted octanol–water partition coefficient (Wildman–Crippen LogP) is 4.23. The van der Waals surface area contributed by atoms with Crippen molar-refractivity contribution in [2.24, 2.45) is 5.92 Å². The molecule has 2 N–H and O–H groups in total. The summed E-state index contributed by atoms with van der Waals surface area (Å²) in [6.07, 6.45) is -0.635. The van der Waals surface area contributed by atoms with Crippen LogP contribution in [0, 0.1) is 5.92 Å².